The molecule has 3 N–H and O–H groups in total. The van der Waals surface area contributed by atoms with Crippen molar-refractivity contribution in [2.24, 2.45) is 0 Å². The molecule has 0 amide bonds. The van der Waals surface area contributed by atoms with Crippen molar-refractivity contribution in [1.29, 1.82) is 0 Å². The van der Waals surface area contributed by atoms with Crippen molar-refractivity contribution in [2.75, 3.05) is 4.72 Å². The van der Waals surface area contributed by atoms with Crippen LogP contribution in [0.25, 0.3) is 0 Å². The van der Waals surface area contributed by atoms with Crippen molar-refractivity contribution in [3.8, 4) is 0 Å². The Kier molecular flexibility index (Phi) is 3.89. The summed E-state index contributed by atoms with van der Waals surface area (Å²) in [5.74, 6) is -1.23. The Morgan fingerprint density at radius 3 is 2.35 bits per heavy atom. The van der Waals surface area contributed by atoms with Gasteiger partial charge in [-0.15, -0.1) is 0 Å². The van der Waals surface area contributed by atoms with Crippen molar-refractivity contribution in [1.82, 2.24) is 10.2 Å². The Balaban J connectivity index is 2.43. The van der Waals surface area contributed by atoms with E-state index in [0.717, 1.165) is 12.1 Å². The number of benzene rings is 1. The van der Waals surface area contributed by atoms with Crippen LogP contribution in [0.1, 0.15) is 10.4 Å². The Morgan fingerprint density at radius 1 is 1.30 bits per heavy atom. The van der Waals surface area contributed by atoms with Gasteiger partial charge >= 0.3 is 5.97 Å². The van der Waals surface area contributed by atoms with Gasteiger partial charge in [0.05, 0.1) is 27.5 Å². The molecule has 0 radical (unpaired) electrons. The van der Waals surface area contributed by atoms with Gasteiger partial charge in [0.2, 0.25) is 0 Å². The minimum atomic E-state index is -3.93. The summed E-state index contributed by atoms with van der Waals surface area (Å²) in [6.45, 7) is 0. The fraction of sp³-hybridized carbons (Fsp3) is 0. The lowest BCUT2D eigenvalue weighted by molar-refractivity contribution is 0.0697. The van der Waals surface area contributed by atoms with Crippen LogP contribution in [0.4, 0.5) is 5.69 Å². The fourth-order valence-electron chi connectivity index (χ4n) is 1.38. The second-order valence-electron chi connectivity index (χ2n) is 3.65. The molecule has 20 heavy (non-hydrogen) atoms. The molecule has 0 atom stereocenters. The van der Waals surface area contributed by atoms with E-state index in [0.29, 0.717) is 0 Å². The first-order valence-corrected chi connectivity index (χ1v) is 7.29. The highest BCUT2D eigenvalue weighted by molar-refractivity contribution is 7.92. The molecule has 1 aromatic heterocycles. The summed E-state index contributed by atoms with van der Waals surface area (Å²) in [4.78, 5) is 10.8. The van der Waals surface area contributed by atoms with Crippen LogP contribution in [0.2, 0.25) is 10.0 Å². The third-order valence-electron chi connectivity index (χ3n) is 2.29. The topological polar surface area (TPSA) is 112 Å². The normalized spacial score (nSPS) is 11.3. The van der Waals surface area contributed by atoms with Gasteiger partial charge in [-0.05, 0) is 18.2 Å². The molecule has 7 nitrogen and oxygen atoms in total. The third-order valence-corrected chi connectivity index (χ3v) is 4.17. The molecule has 10 heteroatoms. The molecule has 0 aliphatic heterocycles. The van der Waals surface area contributed by atoms with Gasteiger partial charge in [-0.25, -0.2) is 4.79 Å². The van der Waals surface area contributed by atoms with E-state index in [1.165, 1.54) is 12.3 Å². The zero-order valence-electron chi connectivity index (χ0n) is 9.59. The Morgan fingerprint density at radius 2 is 1.90 bits per heavy atom. The molecule has 106 valence electrons. The predicted molar refractivity (Wildman–Crippen MR) is 72.8 cm³/mol. The number of carboxylic acids is 1. The number of anilines is 1. The largest absolute Gasteiger partial charge is 0.478 e. The van der Waals surface area contributed by atoms with Gasteiger partial charge in [0.25, 0.3) is 10.0 Å². The summed E-state index contributed by atoms with van der Waals surface area (Å²) < 4.78 is 26.1. The molecule has 0 saturated heterocycles. The maximum Gasteiger partial charge on any atom is 0.335 e. The number of carboxylic acid groups (broad SMARTS) is 1. The molecule has 2 aromatic rings. The zero-order chi connectivity index (χ0) is 14.9. The number of hydrogen-bond donors (Lipinski definition) is 3. The van der Waals surface area contributed by atoms with E-state index in [4.69, 9.17) is 28.3 Å². The number of aromatic carboxylic acids is 1. The van der Waals surface area contributed by atoms with Crippen molar-refractivity contribution < 1.29 is 18.3 Å². The van der Waals surface area contributed by atoms with E-state index in [-0.39, 0.29) is 26.3 Å². The van der Waals surface area contributed by atoms with Crippen LogP contribution in [0.15, 0.2) is 29.4 Å². The number of nitrogens with zero attached hydrogens (tertiary/aromatic N) is 1. The molecular formula is C10H7Cl2N3O4S. The smallest absolute Gasteiger partial charge is 0.335 e. The van der Waals surface area contributed by atoms with Gasteiger partial charge in [-0.2, -0.15) is 13.5 Å². The zero-order valence-corrected chi connectivity index (χ0v) is 11.9. The van der Waals surface area contributed by atoms with Gasteiger partial charge < -0.3 is 5.11 Å². The number of sulfonamides is 1. The summed E-state index contributed by atoms with van der Waals surface area (Å²) in [5, 5.41) is 14.2. The number of H-pyrrole nitrogens is 1. The fourth-order valence-corrected chi connectivity index (χ4v) is 3.08. The first-order valence-electron chi connectivity index (χ1n) is 5.06. The van der Waals surface area contributed by atoms with Crippen molar-refractivity contribution >= 4 is 44.9 Å². The first-order chi connectivity index (χ1) is 9.31. The van der Waals surface area contributed by atoms with Gasteiger partial charge in [-0.1, -0.05) is 23.2 Å². The molecule has 0 aliphatic carbocycles. The highest BCUT2D eigenvalue weighted by Gasteiger charge is 2.20. The lowest BCUT2D eigenvalue weighted by Crippen LogP contribution is -2.14. The maximum atomic E-state index is 12.0. The molecule has 0 fully saturated rings. The van der Waals surface area contributed by atoms with Crippen LogP contribution < -0.4 is 4.72 Å². The average molecular weight is 336 g/mol. The standard InChI is InChI=1S/C10H7Cl2N3O4S/c11-6-3-5(10(16)17)4-7(12)9(6)15-20(18,19)8-1-2-13-14-8/h1-4,15H,(H,13,14)(H,16,17). The molecule has 0 bridgehead atoms. The Bertz CT molecular complexity index is 736. The molecule has 0 unspecified atom stereocenters. The third kappa shape index (κ3) is 2.87. The molecule has 2 rings (SSSR count). The second kappa shape index (κ2) is 5.31. The molecule has 1 aromatic carbocycles. The van der Waals surface area contributed by atoms with Gasteiger partial charge in [0.15, 0.2) is 5.03 Å². The van der Waals surface area contributed by atoms with Crippen LogP contribution >= 0.6 is 23.2 Å². The van der Waals surface area contributed by atoms with Crippen molar-refractivity contribution in [2.45, 2.75) is 5.03 Å². The molecule has 0 saturated carbocycles. The highest BCUT2D eigenvalue weighted by atomic mass is 35.5. The number of hydrogen-bond acceptors (Lipinski definition) is 4. The van der Waals surface area contributed by atoms with Gasteiger partial charge in [-0.3, -0.25) is 9.82 Å². The predicted octanol–water partition coefficient (Wildman–Crippen LogP) is 2.22. The van der Waals surface area contributed by atoms with E-state index in [1.54, 1.807) is 0 Å². The summed E-state index contributed by atoms with van der Waals surface area (Å²) >= 11 is 11.7. The van der Waals surface area contributed by atoms with Crippen LogP contribution in [0.5, 0.6) is 0 Å². The second-order valence-corrected chi connectivity index (χ2v) is 6.11. The maximum absolute atomic E-state index is 12.0. The Labute approximate surface area is 123 Å². The Hall–Kier alpha value is -1.77. The number of aromatic amines is 1. The molecule has 0 aliphatic rings. The molecular weight excluding hydrogens is 329 g/mol. The van der Waals surface area contributed by atoms with Crippen LogP contribution in [0.3, 0.4) is 0 Å². The molecule has 0 spiro atoms. The van der Waals surface area contributed by atoms with E-state index in [9.17, 15) is 13.2 Å². The summed E-state index contributed by atoms with van der Waals surface area (Å²) in [7, 11) is -3.93. The van der Waals surface area contributed by atoms with Crippen LogP contribution in [-0.4, -0.2) is 29.7 Å². The summed E-state index contributed by atoms with van der Waals surface area (Å²) in [5.41, 5.74) is -0.252. The lowest BCUT2D eigenvalue weighted by Gasteiger charge is -2.10. The number of halogens is 2. The minimum Gasteiger partial charge on any atom is -0.478 e. The quantitative estimate of drug-likeness (QED) is 0.792. The average Bonchev–Trinajstić information content (AvgIpc) is 2.88. The highest BCUT2D eigenvalue weighted by Crippen LogP contribution is 2.33. The number of aromatic nitrogens is 2. The van der Waals surface area contributed by atoms with E-state index < -0.39 is 16.0 Å². The number of rotatable bonds is 4. The van der Waals surface area contributed by atoms with Crippen LogP contribution in [0, 0.1) is 0 Å². The van der Waals surface area contributed by atoms with Crippen LogP contribution in [-0.2, 0) is 10.0 Å². The van der Waals surface area contributed by atoms with E-state index in [2.05, 4.69) is 14.9 Å². The van der Waals surface area contributed by atoms with Crippen molar-refractivity contribution in [3.63, 3.8) is 0 Å². The number of nitrogens with one attached hydrogen (secondary N) is 2. The monoisotopic (exact) mass is 335 g/mol. The van der Waals surface area contributed by atoms with E-state index >= 15 is 0 Å². The first kappa shape index (κ1) is 14.6. The SMILES string of the molecule is O=C(O)c1cc(Cl)c(NS(=O)(=O)c2ccn[nH]2)c(Cl)c1. The van der Waals surface area contributed by atoms with E-state index in [1.807, 2.05) is 0 Å². The minimum absolute atomic E-state index is 0.104. The number of carbonyl (C=O) groups is 1. The summed E-state index contributed by atoms with van der Waals surface area (Å²) in [6, 6.07) is 3.44. The summed E-state index contributed by atoms with van der Waals surface area (Å²) in [6.07, 6.45) is 1.27. The van der Waals surface area contributed by atoms with Gasteiger partial charge in [0, 0.05) is 0 Å². The van der Waals surface area contributed by atoms with Crippen molar-refractivity contribution in [3.05, 3.63) is 40.0 Å². The lowest BCUT2D eigenvalue weighted by atomic mass is 10.2. The molecule has 1 heterocycles. The van der Waals surface area contributed by atoms with Gasteiger partial charge in [0.1, 0.15) is 0 Å².